The topological polar surface area (TPSA) is 252 Å². The summed E-state index contributed by atoms with van der Waals surface area (Å²) < 4.78 is 74.9. The monoisotopic (exact) mass is 2390 g/mol. The molecular weight excluding hydrogens is 2320 g/mol. The van der Waals surface area contributed by atoms with Crippen molar-refractivity contribution in [1.29, 1.82) is 0 Å². The van der Waals surface area contributed by atoms with Crippen LogP contribution in [0.2, 0.25) is 10.3 Å². The van der Waals surface area contributed by atoms with E-state index in [4.69, 9.17) is 43.6 Å². The van der Waals surface area contributed by atoms with E-state index in [-0.39, 0.29) is 152 Å². The van der Waals surface area contributed by atoms with Gasteiger partial charge in [0, 0.05) is 184 Å². The average Bonchev–Trinajstić information content (AvgIpc) is 0.864. The Morgan fingerprint density at radius 2 is 0.776 bits per heavy atom. The summed E-state index contributed by atoms with van der Waals surface area (Å²) in [4.78, 5) is 55.9. The Bertz CT molecular complexity index is 4290. The van der Waals surface area contributed by atoms with Crippen LogP contribution in [0.3, 0.4) is 0 Å². The van der Waals surface area contributed by atoms with Gasteiger partial charge in [-0.05, 0) is 79.3 Å². The van der Waals surface area contributed by atoms with E-state index < -0.39 is 23.5 Å². The summed E-state index contributed by atoms with van der Waals surface area (Å²) in [6, 6.07) is 67.8. The zero-order valence-corrected chi connectivity index (χ0v) is 71.2. The predicted molar refractivity (Wildman–Crippen MR) is 382 cm³/mol. The number of halogens is 8. The third-order valence-electron chi connectivity index (χ3n) is 11.5. The van der Waals surface area contributed by atoms with E-state index in [1.54, 1.807) is 79.3 Å². The number of carbonyl (C=O) groups is 4. The Morgan fingerprint density at radius 1 is 0.374 bits per heavy atom. The Balaban J connectivity index is -0.00000115. The molecule has 0 saturated heterocycles. The molecule has 4 N–H and O–H groups in total. The molecule has 5 aromatic heterocycles. The summed E-state index contributed by atoms with van der Waals surface area (Å²) in [5.74, 6) is -0.250. The molecule has 0 aliphatic heterocycles. The number of aliphatic hydroxyl groups excluding tert-OH is 4. The molecule has 0 amide bonds. The second kappa shape index (κ2) is 55.7. The van der Waals surface area contributed by atoms with E-state index in [1.807, 2.05) is 78.9 Å². The maximum absolute atomic E-state index is 12.7. The molecule has 573 valence electrons. The molecule has 0 unspecified atom stereocenters. The molecule has 16 nitrogen and oxygen atoms in total. The molecule has 0 atom stereocenters. The molecule has 0 aliphatic rings. The van der Waals surface area contributed by atoms with E-state index in [9.17, 15) is 45.5 Å². The number of rotatable bonds is 9. The van der Waals surface area contributed by atoms with E-state index >= 15 is 0 Å². The van der Waals surface area contributed by atoms with Gasteiger partial charge >= 0.3 is 12.4 Å². The Hall–Kier alpha value is -8.63. The van der Waals surface area contributed by atoms with Gasteiger partial charge in [-0.15, -0.1) is 183 Å². The predicted octanol–water partition coefficient (Wildman–Crippen LogP) is 19.6. The van der Waals surface area contributed by atoms with Gasteiger partial charge in [-0.3, -0.25) is 29.1 Å². The number of ketones is 4. The molecule has 0 saturated carbocycles. The molecule has 0 aliphatic carbocycles. The minimum atomic E-state index is -4.40. The number of pyridine rings is 2. The van der Waals surface area contributed by atoms with Gasteiger partial charge in [-0.2, -0.15) is 36.5 Å². The molecule has 0 bridgehead atoms. The molecule has 107 heavy (non-hydrogen) atoms. The minimum Gasteiger partial charge on any atom is -0.512 e. The first-order valence-corrected chi connectivity index (χ1v) is 30.7. The fourth-order valence-corrected chi connectivity index (χ4v) is 7.77. The van der Waals surface area contributed by atoms with Crippen molar-refractivity contribution >= 4 is 57.1 Å². The largest absolute Gasteiger partial charge is 0.512 e. The van der Waals surface area contributed by atoms with Crippen LogP contribution in [0, 0.1) is 30.3 Å². The first-order valence-electron chi connectivity index (χ1n) is 29.9. The number of benzene rings is 6. The molecule has 11 aromatic rings. The summed E-state index contributed by atoms with van der Waals surface area (Å²) in [5, 5.41) is 51.9. The maximum atomic E-state index is 12.7. The van der Waals surface area contributed by atoms with Crippen molar-refractivity contribution in [2.24, 2.45) is 0 Å². The SMILES string of the molecule is CC(=O)C=C(C)O.CC(=O)C=C(C)O.CC(=O)C=C(C)O.CC(=O)C=C(C)O.Clc1ccc(-c2[c-]cccc2)nn1.Clc1ccc(-c2[c-]cccc2)nn1.FC(F)(F)c1ccc(-c2[c-]cccc2)nc1.FC(F)(F)c1cccnc1-c1[c-]cccc1.[Ir].[Ir].[Ir].[Ir].[Ir].[c-]1c(-c2cnccn2)ccc2ccccc12. The van der Waals surface area contributed by atoms with Gasteiger partial charge in [-0.25, -0.2) is 0 Å². The molecule has 5 radical (unpaired) electrons. The fraction of sp³-hybridized carbons (Fsp3) is 0.128. The van der Waals surface area contributed by atoms with Gasteiger partial charge in [0.1, 0.15) is 10.3 Å². The van der Waals surface area contributed by atoms with Crippen LogP contribution in [0.4, 0.5) is 26.3 Å². The van der Waals surface area contributed by atoms with Crippen molar-refractivity contribution in [3.05, 3.63) is 312 Å². The van der Waals surface area contributed by atoms with E-state index in [0.717, 1.165) is 57.5 Å². The van der Waals surface area contributed by atoms with Gasteiger partial charge in [0.2, 0.25) is 0 Å². The van der Waals surface area contributed by atoms with E-state index in [1.165, 1.54) is 103 Å². The Labute approximate surface area is 693 Å². The molecule has 6 aromatic carbocycles. The number of fused-ring (bicyclic) bond motifs is 1. The first kappa shape index (κ1) is 103. The van der Waals surface area contributed by atoms with Gasteiger partial charge < -0.3 is 30.4 Å². The quantitative estimate of drug-likeness (QED) is 0.0454. The number of aromatic nitrogens is 8. The van der Waals surface area contributed by atoms with Gasteiger partial charge in [0.05, 0.1) is 28.6 Å². The van der Waals surface area contributed by atoms with Crippen LogP contribution in [0.1, 0.15) is 66.5 Å². The van der Waals surface area contributed by atoms with E-state index in [0.29, 0.717) is 27.1 Å². The number of carbonyl (C=O) groups excluding carboxylic acids is 4. The maximum Gasteiger partial charge on any atom is 0.417 e. The smallest absolute Gasteiger partial charge is 0.417 e. The summed E-state index contributed by atoms with van der Waals surface area (Å²) >= 11 is 11.2. The summed E-state index contributed by atoms with van der Waals surface area (Å²) in [5.41, 5.74) is 5.17. The summed E-state index contributed by atoms with van der Waals surface area (Å²) in [6.45, 7) is 11.4. The zero-order chi connectivity index (χ0) is 75.6. The van der Waals surface area contributed by atoms with Crippen molar-refractivity contribution < 1.29 is 166 Å². The molecule has 0 spiro atoms. The number of hydrogen-bond acceptors (Lipinski definition) is 16. The number of alkyl halides is 6. The molecule has 11 rings (SSSR count). The van der Waals surface area contributed by atoms with Crippen LogP contribution in [0.15, 0.2) is 260 Å². The van der Waals surface area contributed by atoms with Crippen molar-refractivity contribution in [2.45, 2.75) is 67.7 Å². The molecule has 29 heteroatoms. The normalized spacial score (nSPS) is 10.4. The zero-order valence-electron chi connectivity index (χ0n) is 57.7. The van der Waals surface area contributed by atoms with Crippen LogP contribution >= 0.6 is 23.2 Å². The minimum absolute atomic E-state index is 0. The third kappa shape index (κ3) is 44.9. The first-order chi connectivity index (χ1) is 48.3. The van der Waals surface area contributed by atoms with Crippen LogP contribution in [-0.4, -0.2) is 83.9 Å². The third-order valence-corrected chi connectivity index (χ3v) is 11.9. The standard InChI is InChI=1S/C14H9N2.2C12H7F3N.2C10H6ClN2.4C5H8O2.5Ir/c1-2-4-12-9-13(6-5-11(12)3-1)14-10-15-7-8-16-14;13-12(14,15)10-7-4-8-16-11(10)9-5-2-1-3-6-9;13-12(14,15)10-6-7-11(16-8-10)9-4-2-1-3-5-9;2*11-10-7-6-9(12-13-10)8-4-2-1-3-5-8;4*1-4(6)3-5(2)7;;;;;/h1-8,10H;1-5,7-8H;1-4,6-8H;2*1-4,6-7H;4*3,6H,1-2H3;;;;;/q5*-1;;;;;;;;;. The van der Waals surface area contributed by atoms with Crippen LogP contribution in [-0.2, 0) is 132 Å². The van der Waals surface area contributed by atoms with Crippen molar-refractivity contribution in [2.75, 3.05) is 0 Å². The molecule has 5 heterocycles. The second-order valence-electron chi connectivity index (χ2n) is 20.6. The van der Waals surface area contributed by atoms with Crippen molar-refractivity contribution in [3.63, 3.8) is 0 Å². The van der Waals surface area contributed by atoms with Gasteiger partial charge in [0.25, 0.3) is 0 Å². The number of nitrogens with zero attached hydrogens (tertiary/aromatic N) is 8. The van der Waals surface area contributed by atoms with Gasteiger partial charge in [-0.1, -0.05) is 82.7 Å². The van der Waals surface area contributed by atoms with Crippen LogP contribution in [0.5, 0.6) is 0 Å². The van der Waals surface area contributed by atoms with Crippen molar-refractivity contribution in [3.8, 4) is 56.3 Å². The van der Waals surface area contributed by atoms with Gasteiger partial charge in [0.15, 0.2) is 23.1 Å². The number of allylic oxidation sites excluding steroid dienone is 8. The summed E-state index contributed by atoms with van der Waals surface area (Å²) in [6.07, 6.45) is 3.21. The van der Waals surface area contributed by atoms with Crippen LogP contribution in [0.25, 0.3) is 67.1 Å². The Kier molecular flexibility index (Phi) is 53.4. The second-order valence-corrected chi connectivity index (χ2v) is 21.3. The summed E-state index contributed by atoms with van der Waals surface area (Å²) in [7, 11) is 0. The number of aliphatic hydroxyl groups is 4. The molecular formula is C78H67Cl2F6Ir5N8O8-5. The van der Waals surface area contributed by atoms with E-state index in [2.05, 4.69) is 88.9 Å². The fourth-order valence-electron chi connectivity index (χ4n) is 7.57. The van der Waals surface area contributed by atoms with Crippen molar-refractivity contribution in [1.82, 2.24) is 40.3 Å². The average molecular weight is 2390 g/mol. The van der Waals surface area contributed by atoms with Crippen LogP contribution < -0.4 is 0 Å². The number of hydrogen-bond donors (Lipinski definition) is 4. The Morgan fingerprint density at radius 3 is 1.10 bits per heavy atom. The molecule has 0 fully saturated rings.